The van der Waals surface area contributed by atoms with Gasteiger partial charge in [-0.1, -0.05) is 104 Å². The normalized spacial score (nSPS) is 12.5. The zero-order valence-corrected chi connectivity index (χ0v) is 16.5. The van der Waals surface area contributed by atoms with Crippen LogP contribution in [0, 0.1) is 5.92 Å². The molecule has 0 amide bonds. The van der Waals surface area contributed by atoms with Gasteiger partial charge >= 0.3 is 0 Å². The van der Waals surface area contributed by atoms with E-state index in [0.29, 0.717) is 5.78 Å². The molecule has 23 heavy (non-hydrogen) atoms. The summed E-state index contributed by atoms with van der Waals surface area (Å²) >= 11 is 0. The van der Waals surface area contributed by atoms with Crippen molar-refractivity contribution >= 4 is 5.78 Å². The number of hydrogen-bond acceptors (Lipinski definition) is 1. The molecular weight excluding hydrogens is 280 g/mol. The van der Waals surface area contributed by atoms with Gasteiger partial charge < -0.3 is 0 Å². The smallest absolute Gasteiger partial charge is 0.132 e. The van der Waals surface area contributed by atoms with Gasteiger partial charge in [0, 0.05) is 12.8 Å². The van der Waals surface area contributed by atoms with Gasteiger partial charge in [0.15, 0.2) is 0 Å². The summed E-state index contributed by atoms with van der Waals surface area (Å²) in [6.45, 7) is 6.68. The minimum absolute atomic E-state index is 0.477. The molecule has 1 nitrogen and oxygen atoms in total. The van der Waals surface area contributed by atoms with Crippen LogP contribution in [-0.2, 0) is 4.79 Å². The van der Waals surface area contributed by atoms with Gasteiger partial charge in [0.2, 0.25) is 0 Å². The minimum Gasteiger partial charge on any atom is -0.300 e. The van der Waals surface area contributed by atoms with Gasteiger partial charge in [-0.15, -0.1) is 0 Å². The van der Waals surface area contributed by atoms with Crippen LogP contribution in [0.15, 0.2) is 0 Å². The molecular formula is C22H44O. The summed E-state index contributed by atoms with van der Waals surface area (Å²) in [5.74, 6) is 1.40. The molecule has 0 aliphatic heterocycles. The van der Waals surface area contributed by atoms with E-state index < -0.39 is 0 Å². The molecule has 0 aromatic heterocycles. The third-order valence-electron chi connectivity index (χ3n) is 5.03. The Morgan fingerprint density at radius 3 is 1.70 bits per heavy atom. The van der Waals surface area contributed by atoms with Gasteiger partial charge in [0.25, 0.3) is 0 Å². The van der Waals surface area contributed by atoms with E-state index in [9.17, 15) is 4.79 Å². The number of Topliss-reactive ketones (excluding diaryl/α,β-unsaturated/α-hetero) is 1. The van der Waals surface area contributed by atoms with Crippen molar-refractivity contribution in [2.45, 2.75) is 130 Å². The highest BCUT2D eigenvalue weighted by Gasteiger charge is 2.09. The molecule has 0 aromatic carbocycles. The van der Waals surface area contributed by atoms with E-state index >= 15 is 0 Å². The van der Waals surface area contributed by atoms with Crippen molar-refractivity contribution in [1.29, 1.82) is 0 Å². The SMILES string of the molecule is CCCCCCCCCC(CCCC)CCCCC(=O)CCC. The lowest BCUT2D eigenvalue weighted by Gasteiger charge is -2.16. The molecule has 138 valence electrons. The Kier molecular flexibility index (Phi) is 17.8. The third kappa shape index (κ3) is 16.3. The first-order chi connectivity index (χ1) is 11.2. The van der Waals surface area contributed by atoms with E-state index in [2.05, 4.69) is 20.8 Å². The Morgan fingerprint density at radius 1 is 0.565 bits per heavy atom. The van der Waals surface area contributed by atoms with E-state index in [1.54, 1.807) is 0 Å². The highest BCUT2D eigenvalue weighted by molar-refractivity contribution is 5.78. The Bertz CT molecular complexity index is 246. The lowest BCUT2D eigenvalue weighted by molar-refractivity contribution is -0.119. The molecule has 0 spiro atoms. The van der Waals surface area contributed by atoms with Crippen LogP contribution in [0.1, 0.15) is 130 Å². The van der Waals surface area contributed by atoms with Crippen LogP contribution in [0.25, 0.3) is 0 Å². The van der Waals surface area contributed by atoms with Gasteiger partial charge in [-0.3, -0.25) is 4.79 Å². The minimum atomic E-state index is 0.477. The first kappa shape index (κ1) is 22.7. The van der Waals surface area contributed by atoms with Crippen LogP contribution in [0.2, 0.25) is 0 Å². The molecule has 1 atom stereocenters. The number of carbonyl (C=O) groups excluding carboxylic acids is 1. The first-order valence-corrected chi connectivity index (χ1v) is 10.8. The Balaban J connectivity index is 3.69. The van der Waals surface area contributed by atoms with Crippen LogP contribution < -0.4 is 0 Å². The largest absolute Gasteiger partial charge is 0.300 e. The molecule has 0 bridgehead atoms. The molecule has 1 unspecified atom stereocenters. The third-order valence-corrected chi connectivity index (χ3v) is 5.03. The molecule has 0 aromatic rings. The fraction of sp³-hybridized carbons (Fsp3) is 0.955. The maximum atomic E-state index is 11.6. The Morgan fingerprint density at radius 2 is 1.09 bits per heavy atom. The lowest BCUT2D eigenvalue weighted by Crippen LogP contribution is -2.02. The second kappa shape index (κ2) is 18.0. The summed E-state index contributed by atoms with van der Waals surface area (Å²) in [5, 5.41) is 0. The average Bonchev–Trinajstić information content (AvgIpc) is 2.55. The zero-order valence-electron chi connectivity index (χ0n) is 16.5. The molecule has 0 saturated heterocycles. The van der Waals surface area contributed by atoms with Crippen molar-refractivity contribution < 1.29 is 4.79 Å². The summed E-state index contributed by atoms with van der Waals surface area (Å²) in [4.78, 5) is 11.6. The Labute approximate surface area is 147 Å². The van der Waals surface area contributed by atoms with Crippen LogP contribution in [-0.4, -0.2) is 5.78 Å². The van der Waals surface area contributed by atoms with Gasteiger partial charge in [-0.25, -0.2) is 0 Å². The van der Waals surface area contributed by atoms with Crippen molar-refractivity contribution in [3.63, 3.8) is 0 Å². The standard InChI is InChI=1S/C22H44O/c1-4-7-9-10-11-12-13-18-21(17-8-5-2)19-14-15-20-22(23)16-6-3/h21H,4-20H2,1-3H3. The number of rotatable bonds is 18. The molecule has 0 saturated carbocycles. The van der Waals surface area contributed by atoms with Crippen molar-refractivity contribution in [3.8, 4) is 0 Å². The van der Waals surface area contributed by atoms with Gasteiger partial charge in [0.1, 0.15) is 5.78 Å². The lowest BCUT2D eigenvalue weighted by atomic mass is 9.90. The van der Waals surface area contributed by atoms with Crippen molar-refractivity contribution in [2.75, 3.05) is 0 Å². The molecule has 0 fully saturated rings. The monoisotopic (exact) mass is 324 g/mol. The van der Waals surface area contributed by atoms with Gasteiger partial charge in [-0.05, 0) is 18.8 Å². The van der Waals surface area contributed by atoms with Crippen LogP contribution in [0.4, 0.5) is 0 Å². The number of ketones is 1. The van der Waals surface area contributed by atoms with Crippen molar-refractivity contribution in [2.24, 2.45) is 5.92 Å². The Hall–Kier alpha value is -0.330. The zero-order chi connectivity index (χ0) is 17.2. The van der Waals surface area contributed by atoms with Crippen LogP contribution in [0.3, 0.4) is 0 Å². The highest BCUT2D eigenvalue weighted by atomic mass is 16.1. The molecule has 0 radical (unpaired) electrons. The van der Waals surface area contributed by atoms with Crippen molar-refractivity contribution in [3.05, 3.63) is 0 Å². The van der Waals surface area contributed by atoms with E-state index in [1.807, 2.05) is 0 Å². The summed E-state index contributed by atoms with van der Waals surface area (Å²) in [6, 6.07) is 0. The quantitative estimate of drug-likeness (QED) is 0.234. The topological polar surface area (TPSA) is 17.1 Å². The summed E-state index contributed by atoms with van der Waals surface area (Å²) in [6.07, 6.45) is 21.8. The molecule has 0 heterocycles. The predicted molar refractivity (Wildman–Crippen MR) is 104 cm³/mol. The van der Waals surface area contributed by atoms with E-state index in [4.69, 9.17) is 0 Å². The summed E-state index contributed by atoms with van der Waals surface area (Å²) in [5.41, 5.74) is 0. The fourth-order valence-corrected chi connectivity index (χ4v) is 3.47. The fourth-order valence-electron chi connectivity index (χ4n) is 3.47. The predicted octanol–water partition coefficient (Wildman–Crippen LogP) is 7.86. The van der Waals surface area contributed by atoms with E-state index in [1.165, 1.54) is 83.5 Å². The average molecular weight is 325 g/mol. The highest BCUT2D eigenvalue weighted by Crippen LogP contribution is 2.23. The second-order valence-electron chi connectivity index (χ2n) is 7.45. The van der Waals surface area contributed by atoms with E-state index in [0.717, 1.165) is 31.6 Å². The number of hydrogen-bond donors (Lipinski definition) is 0. The maximum absolute atomic E-state index is 11.6. The maximum Gasteiger partial charge on any atom is 0.132 e. The second-order valence-corrected chi connectivity index (χ2v) is 7.45. The first-order valence-electron chi connectivity index (χ1n) is 10.8. The number of unbranched alkanes of at least 4 members (excludes halogenated alkanes) is 8. The molecule has 0 N–H and O–H groups in total. The molecule has 1 heteroatoms. The van der Waals surface area contributed by atoms with Crippen molar-refractivity contribution in [1.82, 2.24) is 0 Å². The van der Waals surface area contributed by atoms with E-state index in [-0.39, 0.29) is 0 Å². The molecule has 0 aliphatic carbocycles. The molecule has 0 rings (SSSR count). The summed E-state index contributed by atoms with van der Waals surface area (Å²) in [7, 11) is 0. The summed E-state index contributed by atoms with van der Waals surface area (Å²) < 4.78 is 0. The van der Waals surface area contributed by atoms with Crippen LogP contribution >= 0.6 is 0 Å². The van der Waals surface area contributed by atoms with Crippen LogP contribution in [0.5, 0.6) is 0 Å². The van der Waals surface area contributed by atoms with Gasteiger partial charge in [-0.2, -0.15) is 0 Å². The molecule has 0 aliphatic rings. The van der Waals surface area contributed by atoms with Gasteiger partial charge in [0.05, 0.1) is 0 Å². The number of carbonyl (C=O) groups is 1.